The van der Waals surface area contributed by atoms with Gasteiger partial charge in [-0.05, 0) is 12.1 Å². The molecule has 0 N–H and O–H groups in total. The largest absolute Gasteiger partial charge is 0.423 e. The first-order valence-electron chi connectivity index (χ1n) is 3.40. The van der Waals surface area contributed by atoms with Crippen molar-refractivity contribution >= 4 is 0 Å². The van der Waals surface area contributed by atoms with Crippen LogP contribution in [0, 0.1) is 0 Å². The minimum absolute atomic E-state index is 0.109. The Morgan fingerprint density at radius 1 is 1.25 bits per heavy atom. The van der Waals surface area contributed by atoms with Crippen molar-refractivity contribution in [2.75, 3.05) is 0 Å². The van der Waals surface area contributed by atoms with Crippen LogP contribution in [0.1, 0.15) is 0 Å². The summed E-state index contributed by atoms with van der Waals surface area (Å²) in [5, 5.41) is 18.3. The molecule has 0 fully saturated rings. The molecule has 0 saturated carbocycles. The fourth-order valence-corrected chi connectivity index (χ4v) is 0.934. The first-order chi connectivity index (χ1) is 5.88. The molecule has 2 rings (SSSR count). The van der Waals surface area contributed by atoms with Crippen molar-refractivity contribution < 1.29 is 9.52 Å². The van der Waals surface area contributed by atoms with Gasteiger partial charge in [0, 0.05) is 0 Å². The normalized spacial score (nSPS) is 10.0. The standard InChI is InChI=1S/C8H5N2O2/c11-7-4-2-1-3-6(7)8-10-9-5-12-8/h1-5H. The Morgan fingerprint density at radius 2 is 2.08 bits per heavy atom. The molecule has 12 heavy (non-hydrogen) atoms. The molecule has 1 aromatic carbocycles. The minimum Gasteiger partial charge on any atom is -0.423 e. The van der Waals surface area contributed by atoms with E-state index in [1.165, 1.54) is 12.5 Å². The lowest BCUT2D eigenvalue weighted by Crippen LogP contribution is -1.77. The molecule has 0 amide bonds. The molecule has 0 spiro atoms. The molecule has 0 aliphatic carbocycles. The Kier molecular flexibility index (Phi) is 1.51. The van der Waals surface area contributed by atoms with E-state index in [1.807, 2.05) is 0 Å². The molecule has 0 unspecified atom stereocenters. The van der Waals surface area contributed by atoms with Crippen LogP contribution in [0.5, 0.6) is 5.75 Å². The van der Waals surface area contributed by atoms with E-state index in [-0.39, 0.29) is 11.6 Å². The van der Waals surface area contributed by atoms with E-state index in [1.54, 1.807) is 18.2 Å². The summed E-state index contributed by atoms with van der Waals surface area (Å²) in [4.78, 5) is 0. The third-order valence-corrected chi connectivity index (χ3v) is 1.48. The zero-order chi connectivity index (χ0) is 8.39. The van der Waals surface area contributed by atoms with Gasteiger partial charge >= 0.3 is 0 Å². The highest BCUT2D eigenvalue weighted by Gasteiger charge is 2.08. The fourth-order valence-electron chi connectivity index (χ4n) is 0.934. The van der Waals surface area contributed by atoms with Crippen molar-refractivity contribution in [2.45, 2.75) is 0 Å². The number of aromatic nitrogens is 2. The molecule has 2 aromatic rings. The number of hydrogen-bond acceptors (Lipinski definition) is 3. The van der Waals surface area contributed by atoms with Gasteiger partial charge in [0.15, 0.2) is 5.75 Å². The van der Waals surface area contributed by atoms with E-state index in [9.17, 15) is 5.11 Å². The summed E-state index contributed by atoms with van der Waals surface area (Å²) in [6.07, 6.45) is 1.20. The van der Waals surface area contributed by atoms with Gasteiger partial charge < -0.3 is 4.42 Å². The second kappa shape index (κ2) is 2.65. The Morgan fingerprint density at radius 3 is 2.75 bits per heavy atom. The molecule has 0 aliphatic heterocycles. The summed E-state index contributed by atoms with van der Waals surface area (Å²) in [5.41, 5.74) is 0.440. The van der Waals surface area contributed by atoms with Gasteiger partial charge in [0.2, 0.25) is 6.39 Å². The van der Waals surface area contributed by atoms with Crippen molar-refractivity contribution in [1.82, 2.24) is 10.2 Å². The molecular weight excluding hydrogens is 156 g/mol. The second-order valence-electron chi connectivity index (χ2n) is 2.24. The Labute approximate surface area is 68.5 Å². The molecule has 59 valence electrons. The summed E-state index contributed by atoms with van der Waals surface area (Å²) in [6, 6.07) is 6.53. The van der Waals surface area contributed by atoms with E-state index in [0.717, 1.165) is 0 Å². The predicted octanol–water partition coefficient (Wildman–Crippen LogP) is 1.88. The fraction of sp³-hybridized carbons (Fsp3) is 0. The van der Waals surface area contributed by atoms with Crippen molar-refractivity contribution in [3.05, 3.63) is 30.7 Å². The molecule has 1 radical (unpaired) electrons. The van der Waals surface area contributed by atoms with Crippen molar-refractivity contribution in [1.29, 1.82) is 0 Å². The van der Waals surface area contributed by atoms with Gasteiger partial charge in [0.1, 0.15) is 0 Å². The van der Waals surface area contributed by atoms with Crippen LogP contribution in [0.25, 0.3) is 11.5 Å². The van der Waals surface area contributed by atoms with Crippen LogP contribution in [-0.4, -0.2) is 10.2 Å². The first kappa shape index (κ1) is 6.84. The second-order valence-corrected chi connectivity index (χ2v) is 2.24. The highest BCUT2D eigenvalue weighted by Crippen LogP contribution is 2.26. The highest BCUT2D eigenvalue weighted by molar-refractivity contribution is 5.61. The molecule has 4 nitrogen and oxygen atoms in total. The van der Waals surface area contributed by atoms with E-state index in [4.69, 9.17) is 4.42 Å². The van der Waals surface area contributed by atoms with Crippen LogP contribution < -0.4 is 0 Å². The van der Waals surface area contributed by atoms with E-state index in [2.05, 4.69) is 10.2 Å². The summed E-state index contributed by atoms with van der Waals surface area (Å²) < 4.78 is 4.88. The summed E-state index contributed by atoms with van der Waals surface area (Å²) in [7, 11) is 0. The van der Waals surface area contributed by atoms with Crippen LogP contribution >= 0.6 is 0 Å². The van der Waals surface area contributed by atoms with Gasteiger partial charge in [-0.15, -0.1) is 10.2 Å². The third-order valence-electron chi connectivity index (χ3n) is 1.48. The number of para-hydroxylation sites is 1. The van der Waals surface area contributed by atoms with Gasteiger partial charge in [-0.1, -0.05) is 12.1 Å². The Bertz CT molecular complexity index is 370. The van der Waals surface area contributed by atoms with E-state index < -0.39 is 0 Å². The lowest BCUT2D eigenvalue weighted by Gasteiger charge is -1.93. The SMILES string of the molecule is [O]c1ccccc1-c1nnco1. The van der Waals surface area contributed by atoms with Gasteiger partial charge in [0.05, 0.1) is 5.56 Å². The molecule has 4 heteroatoms. The average Bonchev–Trinajstić information content (AvgIpc) is 2.57. The van der Waals surface area contributed by atoms with Crippen LogP contribution in [-0.2, 0) is 5.11 Å². The van der Waals surface area contributed by atoms with Gasteiger partial charge in [0.25, 0.3) is 5.89 Å². The topological polar surface area (TPSA) is 58.8 Å². The smallest absolute Gasteiger partial charge is 0.251 e. The molecule has 1 aromatic heterocycles. The minimum atomic E-state index is -0.109. The number of rotatable bonds is 1. The molecule has 0 bridgehead atoms. The molecule has 0 aliphatic rings. The maximum absolute atomic E-state index is 11.2. The predicted molar refractivity (Wildman–Crippen MR) is 39.9 cm³/mol. The van der Waals surface area contributed by atoms with Gasteiger partial charge in [-0.25, -0.2) is 0 Å². The average molecular weight is 161 g/mol. The molecule has 0 atom stereocenters. The monoisotopic (exact) mass is 161 g/mol. The van der Waals surface area contributed by atoms with Crippen molar-refractivity contribution in [3.63, 3.8) is 0 Å². The highest BCUT2D eigenvalue weighted by atomic mass is 16.4. The lowest BCUT2D eigenvalue weighted by atomic mass is 10.2. The molecule has 0 saturated heterocycles. The summed E-state index contributed by atoms with van der Waals surface area (Å²) >= 11 is 0. The number of benzene rings is 1. The third kappa shape index (κ3) is 1.03. The van der Waals surface area contributed by atoms with Gasteiger partial charge in [-0.3, -0.25) is 5.11 Å². The van der Waals surface area contributed by atoms with Crippen molar-refractivity contribution in [2.24, 2.45) is 0 Å². The number of nitrogens with zero attached hydrogens (tertiary/aromatic N) is 2. The maximum Gasteiger partial charge on any atom is 0.251 e. The van der Waals surface area contributed by atoms with Crippen LogP contribution in [0.4, 0.5) is 0 Å². The van der Waals surface area contributed by atoms with E-state index in [0.29, 0.717) is 5.56 Å². The zero-order valence-corrected chi connectivity index (χ0v) is 6.10. The number of hydrogen-bond donors (Lipinski definition) is 0. The summed E-state index contributed by atoms with van der Waals surface area (Å²) in [5.74, 6) is 0.155. The molecule has 1 heterocycles. The van der Waals surface area contributed by atoms with Crippen LogP contribution in [0.2, 0.25) is 0 Å². The summed E-state index contributed by atoms with van der Waals surface area (Å²) in [6.45, 7) is 0. The van der Waals surface area contributed by atoms with Gasteiger partial charge in [-0.2, -0.15) is 0 Å². The van der Waals surface area contributed by atoms with E-state index >= 15 is 0 Å². The van der Waals surface area contributed by atoms with Crippen LogP contribution in [0.15, 0.2) is 35.1 Å². The van der Waals surface area contributed by atoms with Crippen molar-refractivity contribution in [3.8, 4) is 17.2 Å². The maximum atomic E-state index is 11.2. The Hall–Kier alpha value is -1.84. The van der Waals surface area contributed by atoms with Crippen LogP contribution in [0.3, 0.4) is 0 Å². The quantitative estimate of drug-likeness (QED) is 0.641. The Balaban J connectivity index is 2.55. The lowest BCUT2D eigenvalue weighted by molar-refractivity contribution is 0.355. The molecular formula is C8H5N2O2. The first-order valence-corrected chi connectivity index (χ1v) is 3.40. The zero-order valence-electron chi connectivity index (χ0n) is 6.10.